The molecule has 8 heteroatoms. The minimum Gasteiger partial charge on any atom is -0.449 e. The monoisotopic (exact) mass is 438 g/mol. The zero-order valence-corrected chi connectivity index (χ0v) is 16.7. The zero-order valence-electron chi connectivity index (χ0n) is 15.9. The molecule has 0 aliphatic heterocycles. The molecule has 0 aliphatic carbocycles. The van der Waals surface area contributed by atoms with Crippen LogP contribution in [0.25, 0.3) is 32.4 Å². The third-order valence-corrected chi connectivity index (χ3v) is 5.63. The number of rotatable bonds is 3. The van der Waals surface area contributed by atoms with Gasteiger partial charge in [-0.2, -0.15) is 0 Å². The third-order valence-electron chi connectivity index (χ3n) is 4.86. The maximum Gasteiger partial charge on any atom is 0.396 e. The number of carbonyl (C=O) groups is 1. The molecule has 0 unspecified atom stereocenters. The maximum atomic E-state index is 13.5. The molecule has 3 aromatic carbocycles. The van der Waals surface area contributed by atoms with Crippen molar-refractivity contribution in [3.63, 3.8) is 0 Å². The van der Waals surface area contributed by atoms with E-state index in [2.05, 4.69) is 0 Å². The molecular formula is C23H12F2O5S. The Labute approximate surface area is 177 Å². The van der Waals surface area contributed by atoms with Gasteiger partial charge in [0.25, 0.3) is 0 Å². The first kappa shape index (κ1) is 19.2. The first-order valence-corrected chi connectivity index (χ1v) is 9.95. The highest BCUT2D eigenvalue weighted by Gasteiger charge is 2.21. The number of carbonyl (C=O) groups excluding carboxylic acids is 1. The maximum absolute atomic E-state index is 13.5. The number of ether oxygens (including phenoxy) is 1. The summed E-state index contributed by atoms with van der Waals surface area (Å²) in [7, 11) is 0. The van der Waals surface area contributed by atoms with Crippen LogP contribution in [-0.2, 0) is 0 Å². The Morgan fingerprint density at radius 1 is 0.968 bits per heavy atom. The summed E-state index contributed by atoms with van der Waals surface area (Å²) in [5.74, 6) is -1.52. The van der Waals surface area contributed by atoms with E-state index in [1.165, 1.54) is 54.6 Å². The van der Waals surface area contributed by atoms with E-state index in [9.17, 15) is 18.4 Å². The molecule has 2 aromatic heterocycles. The van der Waals surface area contributed by atoms with E-state index >= 15 is 0 Å². The van der Waals surface area contributed by atoms with Gasteiger partial charge >= 0.3 is 10.9 Å². The smallest absolute Gasteiger partial charge is 0.396 e. The fourth-order valence-electron chi connectivity index (χ4n) is 3.40. The molecule has 0 saturated heterocycles. The second-order valence-corrected chi connectivity index (χ2v) is 7.82. The SMILES string of the molecule is Cc1c(C(=O)Oc2cc(-c3ccc(F)cc3)c3oc(=O)sc3c2)oc2ccc(F)cc12. The largest absolute Gasteiger partial charge is 0.449 e. The Kier molecular flexibility index (Phi) is 4.44. The first-order valence-electron chi connectivity index (χ1n) is 9.13. The van der Waals surface area contributed by atoms with Crippen LogP contribution in [0.5, 0.6) is 5.75 Å². The van der Waals surface area contributed by atoms with Crippen LogP contribution in [0, 0.1) is 18.6 Å². The summed E-state index contributed by atoms with van der Waals surface area (Å²) in [6.45, 7) is 1.64. The number of halogens is 2. The van der Waals surface area contributed by atoms with Gasteiger partial charge in [-0.15, -0.1) is 0 Å². The van der Waals surface area contributed by atoms with Crippen molar-refractivity contribution in [1.82, 2.24) is 0 Å². The van der Waals surface area contributed by atoms with E-state index in [1.807, 2.05) is 0 Å². The molecule has 5 aromatic rings. The molecule has 0 radical (unpaired) electrons. The number of fused-ring (bicyclic) bond motifs is 2. The van der Waals surface area contributed by atoms with Gasteiger partial charge in [-0.05, 0) is 48.9 Å². The normalized spacial score (nSPS) is 11.3. The number of benzene rings is 3. The molecular weight excluding hydrogens is 426 g/mol. The molecule has 0 N–H and O–H groups in total. The highest BCUT2D eigenvalue weighted by molar-refractivity contribution is 7.16. The van der Waals surface area contributed by atoms with Crippen LogP contribution in [0.3, 0.4) is 0 Å². The van der Waals surface area contributed by atoms with E-state index < -0.39 is 22.5 Å². The Morgan fingerprint density at radius 3 is 2.48 bits per heavy atom. The van der Waals surface area contributed by atoms with Crippen LogP contribution in [0.2, 0.25) is 0 Å². The minimum atomic E-state index is -0.769. The van der Waals surface area contributed by atoms with E-state index in [1.54, 1.807) is 6.92 Å². The summed E-state index contributed by atoms with van der Waals surface area (Å²) in [5, 5.41) is 0.474. The predicted molar refractivity (Wildman–Crippen MR) is 112 cm³/mol. The minimum absolute atomic E-state index is 0.0515. The number of esters is 1. The van der Waals surface area contributed by atoms with Crippen molar-refractivity contribution in [3.05, 3.63) is 87.3 Å². The van der Waals surface area contributed by atoms with Crippen LogP contribution < -0.4 is 9.68 Å². The van der Waals surface area contributed by atoms with Crippen LogP contribution in [0.1, 0.15) is 16.1 Å². The molecule has 0 spiro atoms. The quantitative estimate of drug-likeness (QED) is 0.252. The molecule has 154 valence electrons. The van der Waals surface area contributed by atoms with Crippen molar-refractivity contribution in [3.8, 4) is 16.9 Å². The van der Waals surface area contributed by atoms with Crippen LogP contribution >= 0.6 is 11.3 Å². The van der Waals surface area contributed by atoms with Gasteiger partial charge in [-0.25, -0.2) is 18.4 Å². The molecule has 0 atom stereocenters. The Bertz CT molecular complexity index is 1530. The lowest BCUT2D eigenvalue weighted by molar-refractivity contribution is 0.0703. The molecule has 0 aliphatic rings. The molecule has 5 nitrogen and oxygen atoms in total. The van der Waals surface area contributed by atoms with E-state index in [4.69, 9.17) is 13.6 Å². The Morgan fingerprint density at radius 2 is 1.71 bits per heavy atom. The standard InChI is InChI=1S/C23H12F2O5S/c1-11-16-8-14(25)6-7-18(16)29-20(11)22(26)28-15-9-17(12-2-4-13(24)5-3-12)21-19(10-15)31-23(27)30-21/h2-10H,1H3. The number of hydrogen-bond donors (Lipinski definition) is 0. The van der Waals surface area contributed by atoms with Gasteiger partial charge in [0.1, 0.15) is 23.0 Å². The van der Waals surface area contributed by atoms with Crippen LogP contribution in [0.15, 0.2) is 68.2 Å². The Balaban J connectivity index is 1.58. The highest BCUT2D eigenvalue weighted by atomic mass is 32.1. The average Bonchev–Trinajstić information content (AvgIpc) is 3.27. The van der Waals surface area contributed by atoms with Gasteiger partial charge in [0.05, 0.1) is 4.70 Å². The summed E-state index contributed by atoms with van der Waals surface area (Å²) in [6.07, 6.45) is 0. The van der Waals surface area contributed by atoms with Crippen molar-refractivity contribution in [2.75, 3.05) is 0 Å². The van der Waals surface area contributed by atoms with E-state index in [0.717, 1.165) is 11.3 Å². The van der Waals surface area contributed by atoms with Gasteiger partial charge in [0.2, 0.25) is 5.76 Å². The third kappa shape index (κ3) is 3.40. The number of hydrogen-bond acceptors (Lipinski definition) is 6. The predicted octanol–water partition coefficient (Wildman–Crippen LogP) is 6.07. The second kappa shape index (κ2) is 7.17. The molecule has 31 heavy (non-hydrogen) atoms. The molecule has 0 amide bonds. The molecule has 2 heterocycles. The lowest BCUT2D eigenvalue weighted by Crippen LogP contribution is -2.08. The topological polar surface area (TPSA) is 69.7 Å². The lowest BCUT2D eigenvalue weighted by Gasteiger charge is -2.07. The van der Waals surface area contributed by atoms with Gasteiger partial charge in [0.15, 0.2) is 5.58 Å². The van der Waals surface area contributed by atoms with Crippen LogP contribution in [0.4, 0.5) is 8.78 Å². The van der Waals surface area contributed by atoms with Crippen molar-refractivity contribution in [1.29, 1.82) is 0 Å². The first-order chi connectivity index (χ1) is 14.9. The van der Waals surface area contributed by atoms with Gasteiger partial charge in [-0.1, -0.05) is 23.5 Å². The second-order valence-electron chi connectivity index (χ2n) is 6.85. The summed E-state index contributed by atoms with van der Waals surface area (Å²) < 4.78 is 43.7. The number of furan rings is 1. The fourth-order valence-corrected chi connectivity index (χ4v) is 4.12. The summed E-state index contributed by atoms with van der Waals surface area (Å²) in [4.78, 5) is 24.1. The average molecular weight is 438 g/mol. The number of aryl methyl sites for hydroxylation is 1. The van der Waals surface area contributed by atoms with Crippen LogP contribution in [-0.4, -0.2) is 5.97 Å². The van der Waals surface area contributed by atoms with Crippen molar-refractivity contribution < 1.29 is 27.1 Å². The Hall–Kier alpha value is -3.78. The summed E-state index contributed by atoms with van der Waals surface area (Å²) in [5.41, 5.74) is 2.19. The molecule has 0 bridgehead atoms. The summed E-state index contributed by atoms with van der Waals surface area (Å²) >= 11 is 0.857. The fraction of sp³-hybridized carbons (Fsp3) is 0.0435. The van der Waals surface area contributed by atoms with Crippen molar-refractivity contribution in [2.45, 2.75) is 6.92 Å². The van der Waals surface area contributed by atoms with Crippen molar-refractivity contribution >= 4 is 38.6 Å². The molecule has 0 fully saturated rings. The molecule has 5 rings (SSSR count). The van der Waals surface area contributed by atoms with Crippen molar-refractivity contribution in [2.24, 2.45) is 0 Å². The van der Waals surface area contributed by atoms with E-state index in [-0.39, 0.29) is 11.5 Å². The molecule has 0 saturated carbocycles. The summed E-state index contributed by atoms with van der Waals surface area (Å²) in [6, 6.07) is 12.6. The van der Waals surface area contributed by atoms with Gasteiger partial charge in [0, 0.05) is 22.6 Å². The zero-order chi connectivity index (χ0) is 21.7. The highest BCUT2D eigenvalue weighted by Crippen LogP contribution is 2.35. The lowest BCUT2D eigenvalue weighted by atomic mass is 10.0. The van der Waals surface area contributed by atoms with Gasteiger partial charge < -0.3 is 13.6 Å². The van der Waals surface area contributed by atoms with E-state index in [0.29, 0.717) is 37.9 Å². The van der Waals surface area contributed by atoms with Gasteiger partial charge in [-0.3, -0.25) is 0 Å².